The molecule has 0 radical (unpaired) electrons. The van der Waals surface area contributed by atoms with Crippen LogP contribution in [0.15, 0.2) is 18.2 Å². The molecule has 1 amide bonds. The summed E-state index contributed by atoms with van der Waals surface area (Å²) >= 11 is 0. The molecule has 0 spiro atoms. The summed E-state index contributed by atoms with van der Waals surface area (Å²) in [5.74, 6) is 4.06. The molecule has 4 heteroatoms. The van der Waals surface area contributed by atoms with Gasteiger partial charge in [0.1, 0.15) is 12.4 Å². The molecular formula is C14H16FNO2. The van der Waals surface area contributed by atoms with E-state index in [2.05, 4.69) is 11.8 Å². The number of halogens is 1. The maximum atomic E-state index is 13.6. The van der Waals surface area contributed by atoms with E-state index in [0.29, 0.717) is 5.56 Å². The molecule has 0 aliphatic carbocycles. The predicted octanol–water partition coefficient (Wildman–Crippen LogP) is 1.65. The zero-order valence-electron chi connectivity index (χ0n) is 10.7. The first-order valence-electron chi connectivity index (χ1n) is 5.63. The van der Waals surface area contributed by atoms with E-state index in [4.69, 9.17) is 5.11 Å². The summed E-state index contributed by atoms with van der Waals surface area (Å²) in [6.07, 6.45) is 0. The van der Waals surface area contributed by atoms with Gasteiger partial charge in [0.2, 0.25) is 0 Å². The zero-order valence-corrected chi connectivity index (χ0v) is 10.7. The number of carbonyl (C=O) groups is 1. The second kappa shape index (κ2) is 6.18. The summed E-state index contributed by atoms with van der Waals surface area (Å²) in [5, 5.41) is 8.54. The van der Waals surface area contributed by atoms with Gasteiger partial charge in [0.15, 0.2) is 0 Å². The van der Waals surface area contributed by atoms with Gasteiger partial charge in [-0.25, -0.2) is 4.39 Å². The molecule has 0 aromatic heterocycles. The highest BCUT2D eigenvalue weighted by molar-refractivity contribution is 5.94. The molecule has 0 saturated heterocycles. The number of hydrogen-bond acceptors (Lipinski definition) is 2. The molecule has 1 N–H and O–H groups in total. The van der Waals surface area contributed by atoms with E-state index in [0.717, 1.165) is 0 Å². The second-order valence-corrected chi connectivity index (χ2v) is 4.16. The fourth-order valence-corrected chi connectivity index (χ4v) is 1.32. The SMILES string of the molecule is CC(C)N(C)C(=O)c1ccc(C#CCO)c(F)c1. The maximum absolute atomic E-state index is 13.6. The topological polar surface area (TPSA) is 40.5 Å². The first-order valence-corrected chi connectivity index (χ1v) is 5.63. The van der Waals surface area contributed by atoms with Crippen molar-refractivity contribution in [2.24, 2.45) is 0 Å². The van der Waals surface area contributed by atoms with Crippen LogP contribution in [0.5, 0.6) is 0 Å². The van der Waals surface area contributed by atoms with Gasteiger partial charge < -0.3 is 10.0 Å². The van der Waals surface area contributed by atoms with Crippen molar-refractivity contribution in [3.63, 3.8) is 0 Å². The third kappa shape index (κ3) is 3.31. The molecule has 0 heterocycles. The lowest BCUT2D eigenvalue weighted by molar-refractivity contribution is 0.0754. The van der Waals surface area contributed by atoms with Crippen molar-refractivity contribution in [3.8, 4) is 11.8 Å². The van der Waals surface area contributed by atoms with E-state index in [1.165, 1.54) is 23.1 Å². The molecule has 1 aromatic carbocycles. The van der Waals surface area contributed by atoms with E-state index in [9.17, 15) is 9.18 Å². The molecule has 0 fully saturated rings. The van der Waals surface area contributed by atoms with E-state index >= 15 is 0 Å². The summed E-state index contributed by atoms with van der Waals surface area (Å²) < 4.78 is 13.6. The average Bonchev–Trinajstić information content (AvgIpc) is 2.35. The van der Waals surface area contributed by atoms with Crippen LogP contribution in [-0.4, -0.2) is 35.6 Å². The summed E-state index contributed by atoms with van der Waals surface area (Å²) in [6, 6.07) is 4.20. The molecule has 0 unspecified atom stereocenters. The fourth-order valence-electron chi connectivity index (χ4n) is 1.32. The number of hydrogen-bond donors (Lipinski definition) is 1. The number of aliphatic hydroxyl groups is 1. The highest BCUT2D eigenvalue weighted by Gasteiger charge is 2.15. The molecular weight excluding hydrogens is 233 g/mol. The summed E-state index contributed by atoms with van der Waals surface area (Å²) in [4.78, 5) is 13.5. The Morgan fingerprint density at radius 2 is 2.17 bits per heavy atom. The Balaban J connectivity index is 3.01. The number of carbonyl (C=O) groups excluding carboxylic acids is 1. The first-order chi connectivity index (χ1) is 8.47. The summed E-state index contributed by atoms with van der Waals surface area (Å²) in [5.41, 5.74) is 0.464. The second-order valence-electron chi connectivity index (χ2n) is 4.16. The minimum absolute atomic E-state index is 0.0504. The van der Waals surface area contributed by atoms with Crippen LogP contribution in [0.3, 0.4) is 0 Å². The van der Waals surface area contributed by atoms with Crippen LogP contribution in [0.25, 0.3) is 0 Å². The fraction of sp³-hybridized carbons (Fsp3) is 0.357. The first kappa shape index (κ1) is 14.2. The van der Waals surface area contributed by atoms with Gasteiger partial charge in [0.25, 0.3) is 5.91 Å². The third-order valence-electron chi connectivity index (χ3n) is 2.61. The van der Waals surface area contributed by atoms with Gasteiger partial charge in [0, 0.05) is 18.7 Å². The van der Waals surface area contributed by atoms with Gasteiger partial charge in [-0.05, 0) is 32.0 Å². The Bertz CT molecular complexity index is 500. The van der Waals surface area contributed by atoms with Crippen molar-refractivity contribution in [1.82, 2.24) is 4.90 Å². The predicted molar refractivity (Wildman–Crippen MR) is 67.6 cm³/mol. The van der Waals surface area contributed by atoms with Gasteiger partial charge in [-0.15, -0.1) is 0 Å². The summed E-state index contributed by atoms with van der Waals surface area (Å²) in [6.45, 7) is 3.45. The maximum Gasteiger partial charge on any atom is 0.253 e. The summed E-state index contributed by atoms with van der Waals surface area (Å²) in [7, 11) is 1.67. The number of nitrogens with zero attached hydrogens (tertiary/aromatic N) is 1. The molecule has 3 nitrogen and oxygen atoms in total. The van der Waals surface area contributed by atoms with Crippen molar-refractivity contribution >= 4 is 5.91 Å². The molecule has 1 aromatic rings. The normalized spacial score (nSPS) is 9.89. The van der Waals surface area contributed by atoms with Crippen LogP contribution in [0.2, 0.25) is 0 Å². The lowest BCUT2D eigenvalue weighted by atomic mass is 10.1. The highest BCUT2D eigenvalue weighted by Crippen LogP contribution is 2.12. The van der Waals surface area contributed by atoms with Crippen LogP contribution >= 0.6 is 0 Å². The zero-order chi connectivity index (χ0) is 13.7. The third-order valence-corrected chi connectivity index (χ3v) is 2.61. The number of benzene rings is 1. The lowest BCUT2D eigenvalue weighted by Crippen LogP contribution is -2.33. The minimum atomic E-state index is -0.557. The highest BCUT2D eigenvalue weighted by atomic mass is 19.1. The van der Waals surface area contributed by atoms with Crippen LogP contribution < -0.4 is 0 Å². The van der Waals surface area contributed by atoms with Crippen molar-refractivity contribution in [3.05, 3.63) is 35.1 Å². The Hall–Kier alpha value is -1.86. The van der Waals surface area contributed by atoms with Gasteiger partial charge in [-0.2, -0.15) is 0 Å². The van der Waals surface area contributed by atoms with E-state index in [1.807, 2.05) is 13.8 Å². The number of aliphatic hydroxyl groups excluding tert-OH is 1. The average molecular weight is 249 g/mol. The molecule has 96 valence electrons. The Kier molecular flexibility index (Phi) is 4.87. The van der Waals surface area contributed by atoms with Gasteiger partial charge in [0.05, 0.1) is 5.56 Å². The van der Waals surface area contributed by atoms with E-state index in [-0.39, 0.29) is 24.1 Å². The molecule has 0 aliphatic rings. The smallest absolute Gasteiger partial charge is 0.253 e. The quantitative estimate of drug-likeness (QED) is 0.810. The number of amides is 1. The Morgan fingerprint density at radius 3 is 2.67 bits per heavy atom. The Labute approximate surface area is 106 Å². The van der Waals surface area contributed by atoms with Crippen molar-refractivity contribution < 1.29 is 14.3 Å². The van der Waals surface area contributed by atoms with Gasteiger partial charge in [-0.3, -0.25) is 4.79 Å². The van der Waals surface area contributed by atoms with Crippen LogP contribution in [0.1, 0.15) is 29.8 Å². The monoisotopic (exact) mass is 249 g/mol. The van der Waals surface area contributed by atoms with Crippen molar-refractivity contribution in [2.75, 3.05) is 13.7 Å². The van der Waals surface area contributed by atoms with Crippen LogP contribution in [-0.2, 0) is 0 Å². The van der Waals surface area contributed by atoms with E-state index < -0.39 is 5.82 Å². The molecule has 0 aliphatic heterocycles. The Morgan fingerprint density at radius 1 is 1.50 bits per heavy atom. The minimum Gasteiger partial charge on any atom is -0.384 e. The molecule has 1 rings (SSSR count). The molecule has 0 saturated carbocycles. The van der Waals surface area contributed by atoms with Crippen LogP contribution in [0, 0.1) is 17.7 Å². The largest absolute Gasteiger partial charge is 0.384 e. The van der Waals surface area contributed by atoms with E-state index in [1.54, 1.807) is 7.05 Å². The van der Waals surface area contributed by atoms with Crippen molar-refractivity contribution in [2.45, 2.75) is 19.9 Å². The standard InChI is InChI=1S/C14H16FNO2/c1-10(2)16(3)14(18)12-7-6-11(5-4-8-17)13(15)9-12/h6-7,9-10,17H,8H2,1-3H3. The van der Waals surface area contributed by atoms with Crippen LogP contribution in [0.4, 0.5) is 4.39 Å². The van der Waals surface area contributed by atoms with Crippen molar-refractivity contribution in [1.29, 1.82) is 0 Å². The molecule has 18 heavy (non-hydrogen) atoms. The number of rotatable bonds is 2. The molecule has 0 bridgehead atoms. The molecule has 0 atom stereocenters. The lowest BCUT2D eigenvalue weighted by Gasteiger charge is -2.21. The van der Waals surface area contributed by atoms with Gasteiger partial charge >= 0.3 is 0 Å². The van der Waals surface area contributed by atoms with Gasteiger partial charge in [-0.1, -0.05) is 11.8 Å².